The molecule has 2 atom stereocenters. The predicted molar refractivity (Wildman–Crippen MR) is 60.1 cm³/mol. The summed E-state index contributed by atoms with van der Waals surface area (Å²) in [6.07, 6.45) is -8.04. The van der Waals surface area contributed by atoms with Gasteiger partial charge in [0.2, 0.25) is 0 Å². The van der Waals surface area contributed by atoms with Crippen molar-refractivity contribution in [3.05, 3.63) is 0 Å². The minimum Gasteiger partial charge on any atom is -0.171 e. The summed E-state index contributed by atoms with van der Waals surface area (Å²) in [5.74, 6) is -3.00. The molecule has 0 unspecified atom stereocenters. The van der Waals surface area contributed by atoms with E-state index in [2.05, 4.69) is 0 Å². The van der Waals surface area contributed by atoms with E-state index >= 15 is 0 Å². The fourth-order valence-corrected chi connectivity index (χ4v) is 0.756. The molecule has 0 nitrogen and oxygen atoms in total. The molecule has 0 aromatic carbocycles. The maximum atomic E-state index is 11.7. The maximum Gasteiger partial charge on any atom is 0.391 e. The molecule has 18 heavy (non-hydrogen) atoms. The molecule has 0 aliphatic rings. The molecular weight excluding hydrogens is 258 g/mol. The predicted octanol–water partition coefficient (Wildman–Crippen LogP) is 5.68. The molecule has 0 fully saturated rings. The van der Waals surface area contributed by atoms with Crippen LogP contribution in [0.5, 0.6) is 0 Å². The Morgan fingerprint density at radius 2 is 0.667 bits per heavy atom. The monoisotopic (exact) mass is 280 g/mol. The topological polar surface area (TPSA) is 0 Å². The lowest BCUT2D eigenvalue weighted by atomic mass is 9.98. The van der Waals surface area contributed by atoms with Crippen molar-refractivity contribution in [1.29, 1.82) is 0 Å². The van der Waals surface area contributed by atoms with E-state index in [0.29, 0.717) is 0 Å². The number of alkyl halides is 6. The third kappa shape index (κ3) is 8.64. The van der Waals surface area contributed by atoms with Crippen molar-refractivity contribution in [2.45, 2.75) is 53.9 Å². The van der Waals surface area contributed by atoms with Crippen LogP contribution in [0.3, 0.4) is 0 Å². The molecule has 0 spiro atoms. The summed E-state index contributed by atoms with van der Waals surface area (Å²) in [5.41, 5.74) is 0. The zero-order valence-electron chi connectivity index (χ0n) is 11.6. The van der Waals surface area contributed by atoms with E-state index in [0.717, 1.165) is 0 Å². The average molecular weight is 280 g/mol. The van der Waals surface area contributed by atoms with Gasteiger partial charge >= 0.3 is 12.4 Å². The van der Waals surface area contributed by atoms with Crippen LogP contribution in [0.4, 0.5) is 26.3 Å². The molecule has 0 saturated carbocycles. The van der Waals surface area contributed by atoms with E-state index in [-0.39, 0.29) is 11.8 Å². The van der Waals surface area contributed by atoms with E-state index in [4.69, 9.17) is 0 Å². The van der Waals surface area contributed by atoms with E-state index in [1.54, 1.807) is 27.7 Å². The first-order valence-corrected chi connectivity index (χ1v) is 5.84. The zero-order valence-corrected chi connectivity index (χ0v) is 11.6. The van der Waals surface area contributed by atoms with Crippen molar-refractivity contribution in [2.24, 2.45) is 23.7 Å². The summed E-state index contributed by atoms with van der Waals surface area (Å²) < 4.78 is 70.2. The summed E-state index contributed by atoms with van der Waals surface area (Å²) in [6, 6.07) is 0. The van der Waals surface area contributed by atoms with E-state index < -0.39 is 24.2 Å². The summed E-state index contributed by atoms with van der Waals surface area (Å²) in [4.78, 5) is 0. The van der Waals surface area contributed by atoms with Crippen molar-refractivity contribution in [2.75, 3.05) is 0 Å². The van der Waals surface area contributed by atoms with Gasteiger partial charge in [-0.2, -0.15) is 26.3 Å². The van der Waals surface area contributed by atoms with Crippen molar-refractivity contribution in [1.82, 2.24) is 0 Å². The van der Waals surface area contributed by atoms with Gasteiger partial charge in [0.1, 0.15) is 0 Å². The molecule has 0 aromatic rings. The van der Waals surface area contributed by atoms with E-state index in [1.807, 2.05) is 0 Å². The number of hydrogen-bond donors (Lipinski definition) is 0. The number of hydrogen-bond acceptors (Lipinski definition) is 0. The van der Waals surface area contributed by atoms with Gasteiger partial charge in [0.25, 0.3) is 0 Å². The van der Waals surface area contributed by atoms with Gasteiger partial charge in [-0.15, -0.1) is 0 Å². The molecule has 0 amide bonds. The summed E-state index contributed by atoms with van der Waals surface area (Å²) >= 11 is 0. The molecule has 0 aromatic heterocycles. The number of halogens is 6. The van der Waals surface area contributed by atoms with Crippen LogP contribution in [0.2, 0.25) is 0 Å². The van der Waals surface area contributed by atoms with E-state index in [9.17, 15) is 26.3 Å². The van der Waals surface area contributed by atoms with E-state index in [1.165, 1.54) is 13.8 Å². The highest BCUT2D eigenvalue weighted by Gasteiger charge is 2.38. The van der Waals surface area contributed by atoms with Gasteiger partial charge in [-0.05, 0) is 11.8 Å². The van der Waals surface area contributed by atoms with Crippen LogP contribution in [-0.4, -0.2) is 12.4 Å². The summed E-state index contributed by atoms with van der Waals surface area (Å²) in [6.45, 7) is 8.67. The first kappa shape index (κ1) is 19.9. The van der Waals surface area contributed by atoms with Gasteiger partial charge in [0.15, 0.2) is 0 Å². The molecule has 0 radical (unpaired) electrons. The second-order valence-corrected chi connectivity index (χ2v) is 5.15. The summed E-state index contributed by atoms with van der Waals surface area (Å²) in [7, 11) is 0. The van der Waals surface area contributed by atoms with Crippen LogP contribution in [-0.2, 0) is 0 Å². The van der Waals surface area contributed by atoms with Crippen LogP contribution in [0.25, 0.3) is 0 Å². The van der Waals surface area contributed by atoms with Gasteiger partial charge < -0.3 is 0 Å². The molecule has 0 aliphatic carbocycles. The van der Waals surface area contributed by atoms with Crippen molar-refractivity contribution < 1.29 is 26.3 Å². The van der Waals surface area contributed by atoms with Gasteiger partial charge in [0.05, 0.1) is 11.8 Å². The Labute approximate surface area is 105 Å². The lowest BCUT2D eigenvalue weighted by Gasteiger charge is -2.18. The minimum absolute atomic E-state index is 0.315. The fraction of sp³-hybridized carbons (Fsp3) is 1.00. The molecule has 6 heteroatoms. The van der Waals surface area contributed by atoms with Gasteiger partial charge in [-0.1, -0.05) is 41.5 Å². The van der Waals surface area contributed by atoms with Crippen LogP contribution in [0.15, 0.2) is 0 Å². The van der Waals surface area contributed by atoms with Crippen LogP contribution in [0.1, 0.15) is 41.5 Å². The lowest BCUT2D eigenvalue weighted by molar-refractivity contribution is -0.180. The first-order valence-electron chi connectivity index (χ1n) is 5.84. The standard InChI is InChI=1S/2C6H11F3/c2*1-4(2)5(3)6(7,8)9/h2*4-5H,1-3H3/t2*5-/m10/s1. The third-order valence-electron chi connectivity index (χ3n) is 3.03. The Bertz CT molecular complexity index is 190. The molecule has 0 aliphatic heterocycles. The lowest BCUT2D eigenvalue weighted by Crippen LogP contribution is -2.24. The van der Waals surface area contributed by atoms with Crippen molar-refractivity contribution >= 4 is 0 Å². The summed E-state index contributed by atoms with van der Waals surface area (Å²) in [5, 5.41) is 0. The largest absolute Gasteiger partial charge is 0.391 e. The smallest absolute Gasteiger partial charge is 0.171 e. The molecule has 0 rings (SSSR count). The minimum atomic E-state index is -4.02. The Morgan fingerprint density at radius 3 is 0.667 bits per heavy atom. The second-order valence-electron chi connectivity index (χ2n) is 5.15. The Balaban J connectivity index is 0. The SMILES string of the molecule is CC(C)[C@@H](C)C(F)(F)F.CC(C)[C@H](C)C(F)(F)F. The molecule has 0 N–H and O–H groups in total. The normalized spacial score (nSPS) is 16.3. The molecule has 0 saturated heterocycles. The van der Waals surface area contributed by atoms with Crippen LogP contribution >= 0.6 is 0 Å². The molecular formula is C12H22F6. The van der Waals surface area contributed by atoms with Crippen molar-refractivity contribution in [3.8, 4) is 0 Å². The Hall–Kier alpha value is -0.420. The van der Waals surface area contributed by atoms with Gasteiger partial charge in [0, 0.05) is 0 Å². The van der Waals surface area contributed by atoms with Crippen molar-refractivity contribution in [3.63, 3.8) is 0 Å². The highest BCUT2D eigenvalue weighted by Crippen LogP contribution is 2.31. The van der Waals surface area contributed by atoms with Crippen LogP contribution in [0, 0.1) is 23.7 Å². The Kier molecular flexibility index (Phi) is 8.01. The maximum absolute atomic E-state index is 11.7. The fourth-order valence-electron chi connectivity index (χ4n) is 0.756. The Morgan fingerprint density at radius 1 is 0.500 bits per heavy atom. The van der Waals surface area contributed by atoms with Gasteiger partial charge in [-0.3, -0.25) is 0 Å². The van der Waals surface area contributed by atoms with Gasteiger partial charge in [-0.25, -0.2) is 0 Å². The third-order valence-corrected chi connectivity index (χ3v) is 3.03. The quantitative estimate of drug-likeness (QED) is 0.571. The second kappa shape index (κ2) is 7.24. The molecule has 112 valence electrons. The highest BCUT2D eigenvalue weighted by molar-refractivity contribution is 4.65. The zero-order chi connectivity index (χ0) is 15.3. The van der Waals surface area contributed by atoms with Crippen LogP contribution < -0.4 is 0 Å². The highest BCUT2D eigenvalue weighted by atomic mass is 19.4. The first-order chi connectivity index (χ1) is 7.71. The number of rotatable bonds is 2. The average Bonchev–Trinajstić information content (AvgIpc) is 2.13. The molecule has 0 bridgehead atoms. The molecule has 0 heterocycles.